The van der Waals surface area contributed by atoms with Crippen molar-refractivity contribution in [2.45, 2.75) is 6.42 Å². The van der Waals surface area contributed by atoms with Gasteiger partial charge in [0, 0.05) is 12.1 Å². The molecule has 6 nitrogen and oxygen atoms in total. The van der Waals surface area contributed by atoms with Gasteiger partial charge in [-0.3, -0.25) is 10.1 Å². The fourth-order valence-corrected chi connectivity index (χ4v) is 1.32. The van der Waals surface area contributed by atoms with Crippen molar-refractivity contribution >= 4 is 5.69 Å². The van der Waals surface area contributed by atoms with Crippen molar-refractivity contribution in [3.63, 3.8) is 0 Å². The minimum absolute atomic E-state index is 0.0461. The smallest absolute Gasteiger partial charge is 0.311 e. The Balaban J connectivity index is 2.75. The van der Waals surface area contributed by atoms with Crippen LogP contribution in [0.1, 0.15) is 6.42 Å². The van der Waals surface area contributed by atoms with Gasteiger partial charge in [0.1, 0.15) is 5.75 Å². The van der Waals surface area contributed by atoms with Crippen LogP contribution < -0.4 is 14.8 Å². The summed E-state index contributed by atoms with van der Waals surface area (Å²) >= 11 is 0. The first-order valence-corrected chi connectivity index (χ1v) is 5.29. The molecule has 0 bridgehead atoms. The Morgan fingerprint density at radius 1 is 1.47 bits per heavy atom. The molecule has 0 aromatic heterocycles. The maximum Gasteiger partial charge on any atom is 0.311 e. The highest BCUT2D eigenvalue weighted by atomic mass is 16.6. The predicted molar refractivity (Wildman–Crippen MR) is 63.7 cm³/mol. The summed E-state index contributed by atoms with van der Waals surface area (Å²) in [6.45, 7) is 1.23. The lowest BCUT2D eigenvalue weighted by atomic mass is 10.3. The molecule has 0 saturated carbocycles. The van der Waals surface area contributed by atoms with Gasteiger partial charge < -0.3 is 14.8 Å². The summed E-state index contributed by atoms with van der Waals surface area (Å²) in [6, 6.07) is 4.45. The summed E-state index contributed by atoms with van der Waals surface area (Å²) in [5, 5.41) is 13.8. The maximum atomic E-state index is 10.8. The zero-order valence-electron chi connectivity index (χ0n) is 9.93. The van der Waals surface area contributed by atoms with Crippen LogP contribution in [0.5, 0.6) is 11.5 Å². The average Bonchev–Trinajstić information content (AvgIpc) is 2.34. The van der Waals surface area contributed by atoms with Crippen LogP contribution in [0.3, 0.4) is 0 Å². The highest BCUT2D eigenvalue weighted by Crippen LogP contribution is 2.30. The first-order chi connectivity index (χ1) is 8.19. The summed E-state index contributed by atoms with van der Waals surface area (Å²) in [6.07, 6.45) is 0.783. The van der Waals surface area contributed by atoms with Gasteiger partial charge in [-0.1, -0.05) is 0 Å². The van der Waals surface area contributed by atoms with Crippen molar-refractivity contribution in [2.24, 2.45) is 0 Å². The van der Waals surface area contributed by atoms with Gasteiger partial charge in [0.25, 0.3) is 0 Å². The molecule has 0 heterocycles. The van der Waals surface area contributed by atoms with E-state index in [9.17, 15) is 10.1 Å². The molecule has 0 radical (unpaired) electrons. The lowest BCUT2D eigenvalue weighted by Crippen LogP contribution is -2.12. The quantitative estimate of drug-likeness (QED) is 0.445. The monoisotopic (exact) mass is 240 g/mol. The largest absolute Gasteiger partial charge is 0.497 e. The third-order valence-corrected chi connectivity index (χ3v) is 2.19. The third-order valence-electron chi connectivity index (χ3n) is 2.19. The van der Waals surface area contributed by atoms with Crippen molar-refractivity contribution in [1.29, 1.82) is 0 Å². The predicted octanol–water partition coefficient (Wildman–Crippen LogP) is 1.59. The molecule has 0 aliphatic heterocycles. The Labute approximate surface area is 99.7 Å². The maximum absolute atomic E-state index is 10.8. The van der Waals surface area contributed by atoms with E-state index in [4.69, 9.17) is 9.47 Å². The lowest BCUT2D eigenvalue weighted by molar-refractivity contribution is -0.385. The number of benzene rings is 1. The zero-order chi connectivity index (χ0) is 12.7. The first-order valence-electron chi connectivity index (χ1n) is 5.29. The number of ether oxygens (including phenoxy) is 2. The van der Waals surface area contributed by atoms with Crippen LogP contribution in [0.4, 0.5) is 5.69 Å². The van der Waals surface area contributed by atoms with E-state index in [0.29, 0.717) is 12.4 Å². The van der Waals surface area contributed by atoms with E-state index in [1.807, 2.05) is 7.05 Å². The van der Waals surface area contributed by atoms with Crippen molar-refractivity contribution in [2.75, 3.05) is 27.3 Å². The van der Waals surface area contributed by atoms with Gasteiger partial charge in [-0.05, 0) is 26.1 Å². The van der Waals surface area contributed by atoms with Gasteiger partial charge >= 0.3 is 5.69 Å². The molecule has 6 heteroatoms. The summed E-state index contributed by atoms with van der Waals surface area (Å²) in [5.41, 5.74) is -0.0461. The highest BCUT2D eigenvalue weighted by Gasteiger charge is 2.15. The van der Waals surface area contributed by atoms with Gasteiger partial charge in [-0.25, -0.2) is 0 Å². The second-order valence-electron chi connectivity index (χ2n) is 3.40. The van der Waals surface area contributed by atoms with E-state index >= 15 is 0 Å². The van der Waals surface area contributed by atoms with Crippen LogP contribution in [-0.4, -0.2) is 32.2 Å². The zero-order valence-corrected chi connectivity index (χ0v) is 9.93. The van der Waals surface area contributed by atoms with Crippen LogP contribution in [0.25, 0.3) is 0 Å². The second kappa shape index (κ2) is 6.70. The molecule has 17 heavy (non-hydrogen) atoms. The fourth-order valence-electron chi connectivity index (χ4n) is 1.32. The van der Waals surface area contributed by atoms with Crippen molar-refractivity contribution < 1.29 is 14.4 Å². The number of rotatable bonds is 7. The first kappa shape index (κ1) is 13.2. The standard InChI is InChI=1S/C11H16N2O4/c1-12-6-3-7-17-11-8-9(16-2)4-5-10(11)13(14)15/h4-5,8,12H,3,6-7H2,1-2H3. The van der Waals surface area contributed by atoms with E-state index in [1.165, 1.54) is 19.2 Å². The average molecular weight is 240 g/mol. The molecule has 94 valence electrons. The molecule has 1 rings (SSSR count). The van der Waals surface area contributed by atoms with Gasteiger partial charge in [0.05, 0.1) is 18.6 Å². The van der Waals surface area contributed by atoms with Gasteiger partial charge in [-0.15, -0.1) is 0 Å². The molecule has 1 aromatic rings. The van der Waals surface area contributed by atoms with Crippen LogP contribution in [0, 0.1) is 10.1 Å². The number of nitrogens with one attached hydrogen (secondary N) is 1. The molecule has 0 unspecified atom stereocenters. The second-order valence-corrected chi connectivity index (χ2v) is 3.40. The van der Waals surface area contributed by atoms with Crippen LogP contribution in [-0.2, 0) is 0 Å². The summed E-state index contributed by atoms with van der Waals surface area (Å²) in [7, 11) is 3.35. The molecule has 1 aromatic carbocycles. The van der Waals surface area contributed by atoms with Crippen LogP contribution >= 0.6 is 0 Å². The van der Waals surface area contributed by atoms with Crippen molar-refractivity contribution in [3.8, 4) is 11.5 Å². The topological polar surface area (TPSA) is 73.6 Å². The minimum atomic E-state index is -0.465. The fraction of sp³-hybridized carbons (Fsp3) is 0.455. The number of methoxy groups -OCH3 is 1. The van der Waals surface area contributed by atoms with Crippen LogP contribution in [0.15, 0.2) is 18.2 Å². The molecule has 0 saturated heterocycles. The van der Waals surface area contributed by atoms with Crippen LogP contribution in [0.2, 0.25) is 0 Å². The van der Waals surface area contributed by atoms with Gasteiger partial charge in [-0.2, -0.15) is 0 Å². The molecular weight excluding hydrogens is 224 g/mol. The molecule has 0 amide bonds. The SMILES string of the molecule is CNCCCOc1cc(OC)ccc1[N+](=O)[O-]. The minimum Gasteiger partial charge on any atom is -0.497 e. The number of hydrogen-bond donors (Lipinski definition) is 1. The van der Waals surface area contributed by atoms with E-state index in [2.05, 4.69) is 5.32 Å². The molecule has 0 aliphatic rings. The Morgan fingerprint density at radius 3 is 2.82 bits per heavy atom. The number of nitrogens with zero attached hydrogens (tertiary/aromatic N) is 1. The third kappa shape index (κ3) is 3.92. The Kier molecular flexibility index (Phi) is 5.22. The van der Waals surface area contributed by atoms with Crippen molar-refractivity contribution in [1.82, 2.24) is 5.32 Å². The van der Waals surface area contributed by atoms with Crippen molar-refractivity contribution in [3.05, 3.63) is 28.3 Å². The Hall–Kier alpha value is -1.82. The molecule has 0 atom stereocenters. The van der Waals surface area contributed by atoms with Gasteiger partial charge in [0.2, 0.25) is 5.75 Å². The molecule has 1 N–H and O–H groups in total. The Bertz CT molecular complexity index is 382. The number of nitro groups is 1. The number of hydrogen-bond acceptors (Lipinski definition) is 5. The normalized spacial score (nSPS) is 10.0. The van der Waals surface area contributed by atoms with E-state index in [0.717, 1.165) is 13.0 Å². The van der Waals surface area contributed by atoms with E-state index in [-0.39, 0.29) is 11.4 Å². The molecule has 0 aliphatic carbocycles. The molecule has 0 spiro atoms. The lowest BCUT2D eigenvalue weighted by Gasteiger charge is -2.08. The Morgan fingerprint density at radius 2 is 2.24 bits per heavy atom. The van der Waals surface area contributed by atoms with E-state index in [1.54, 1.807) is 6.07 Å². The molecular formula is C11H16N2O4. The van der Waals surface area contributed by atoms with Gasteiger partial charge in [0.15, 0.2) is 0 Å². The summed E-state index contributed by atoms with van der Waals surface area (Å²) < 4.78 is 10.4. The van der Waals surface area contributed by atoms with E-state index < -0.39 is 4.92 Å². The number of nitro benzene ring substituents is 1. The highest BCUT2D eigenvalue weighted by molar-refractivity contribution is 5.50. The summed E-state index contributed by atoms with van der Waals surface area (Å²) in [5.74, 6) is 0.782. The molecule has 0 fully saturated rings. The summed E-state index contributed by atoms with van der Waals surface area (Å²) in [4.78, 5) is 10.3.